The summed E-state index contributed by atoms with van der Waals surface area (Å²) in [6.45, 7) is 1.57. The molecule has 1 heterocycles. The maximum atomic E-state index is 13.5. The van der Waals surface area contributed by atoms with Gasteiger partial charge in [-0.2, -0.15) is 5.10 Å². The molecule has 0 bridgehead atoms. The molecule has 0 spiro atoms. The van der Waals surface area contributed by atoms with Crippen molar-refractivity contribution < 1.29 is 9.50 Å². The number of benzene rings is 2. The van der Waals surface area contributed by atoms with Gasteiger partial charge in [-0.05, 0) is 42.3 Å². The van der Waals surface area contributed by atoms with Crippen LogP contribution in [0.1, 0.15) is 16.7 Å². The highest BCUT2D eigenvalue weighted by Crippen LogP contribution is 2.20. The fraction of sp³-hybridized carbons (Fsp3) is 0.143. The second kappa shape index (κ2) is 7.89. The molecule has 0 aliphatic carbocycles. The third-order valence-corrected chi connectivity index (χ3v) is 4.06. The van der Waals surface area contributed by atoms with E-state index in [9.17, 15) is 14.3 Å². The molecule has 0 saturated carbocycles. The van der Waals surface area contributed by atoms with Gasteiger partial charge in [0.2, 0.25) is 0 Å². The lowest BCUT2D eigenvalue weighted by Crippen LogP contribution is -2.26. The largest absolute Gasteiger partial charge is 0.391 e. The van der Waals surface area contributed by atoms with E-state index in [4.69, 9.17) is 0 Å². The molecule has 3 rings (SSSR count). The Bertz CT molecular complexity index is 995. The van der Waals surface area contributed by atoms with Crippen LogP contribution < -0.4 is 5.56 Å². The molecule has 26 heavy (non-hydrogen) atoms. The Kier molecular flexibility index (Phi) is 5.39. The van der Waals surface area contributed by atoms with Gasteiger partial charge in [0.05, 0.1) is 18.8 Å². The van der Waals surface area contributed by atoms with Gasteiger partial charge in [0.1, 0.15) is 5.82 Å². The second-order valence-electron chi connectivity index (χ2n) is 5.98. The fourth-order valence-corrected chi connectivity index (χ4v) is 2.63. The zero-order chi connectivity index (χ0) is 18.5. The molecule has 0 saturated heterocycles. The lowest BCUT2D eigenvalue weighted by atomic mass is 10.1. The number of halogens is 1. The Labute approximate surface area is 150 Å². The van der Waals surface area contributed by atoms with E-state index in [0.29, 0.717) is 16.8 Å². The van der Waals surface area contributed by atoms with Gasteiger partial charge in [0.25, 0.3) is 5.56 Å². The van der Waals surface area contributed by atoms with Crippen LogP contribution in [0.3, 0.4) is 0 Å². The number of nitrogens with zero attached hydrogens (tertiary/aromatic N) is 2. The molecule has 0 aliphatic rings. The molecule has 0 amide bonds. The maximum absolute atomic E-state index is 13.5. The summed E-state index contributed by atoms with van der Waals surface area (Å²) < 4.78 is 14.8. The highest BCUT2D eigenvalue weighted by molar-refractivity contribution is 5.60. The lowest BCUT2D eigenvalue weighted by Gasteiger charge is -2.09. The molecular weight excluding hydrogens is 331 g/mol. The highest BCUT2D eigenvalue weighted by atomic mass is 19.1. The standard InChI is InChI=1S/C21H19FN2O2/c1-15-12-17(9-10-19(15)22)20-13-18(14-25)21(26)24(23-20)11-5-8-16-6-3-2-4-7-16/h2-10,12-13,25H,11,14H2,1H3/b8-5+. The van der Waals surface area contributed by atoms with Crippen molar-refractivity contribution >= 4 is 6.08 Å². The summed E-state index contributed by atoms with van der Waals surface area (Å²) >= 11 is 0. The lowest BCUT2D eigenvalue weighted by molar-refractivity contribution is 0.278. The predicted octanol–water partition coefficient (Wildman–Crippen LogP) is 3.56. The Morgan fingerprint density at radius 3 is 2.62 bits per heavy atom. The van der Waals surface area contributed by atoms with Gasteiger partial charge in [0, 0.05) is 11.1 Å². The van der Waals surface area contributed by atoms with Gasteiger partial charge in [-0.1, -0.05) is 42.5 Å². The minimum Gasteiger partial charge on any atom is -0.391 e. The number of hydrogen-bond donors (Lipinski definition) is 1. The van der Waals surface area contributed by atoms with Crippen LogP contribution in [0.2, 0.25) is 0 Å². The third-order valence-electron chi connectivity index (χ3n) is 4.06. The van der Waals surface area contributed by atoms with Gasteiger partial charge in [-0.15, -0.1) is 0 Å². The SMILES string of the molecule is Cc1cc(-c2cc(CO)c(=O)n(C/C=C/c3ccccc3)n2)ccc1F. The summed E-state index contributed by atoms with van der Waals surface area (Å²) in [4.78, 5) is 12.4. The second-order valence-corrected chi connectivity index (χ2v) is 5.98. The van der Waals surface area contributed by atoms with Crippen molar-refractivity contribution in [2.75, 3.05) is 0 Å². The van der Waals surface area contributed by atoms with Gasteiger partial charge < -0.3 is 5.11 Å². The van der Waals surface area contributed by atoms with Crippen molar-refractivity contribution in [1.29, 1.82) is 0 Å². The number of aliphatic hydroxyl groups is 1. The minimum absolute atomic E-state index is 0.255. The van der Waals surface area contributed by atoms with E-state index in [-0.39, 0.29) is 30.1 Å². The van der Waals surface area contributed by atoms with E-state index < -0.39 is 0 Å². The van der Waals surface area contributed by atoms with E-state index in [1.807, 2.05) is 42.5 Å². The molecule has 132 valence electrons. The summed E-state index contributed by atoms with van der Waals surface area (Å²) in [6.07, 6.45) is 3.74. The molecule has 4 nitrogen and oxygen atoms in total. The van der Waals surface area contributed by atoms with Crippen LogP contribution in [0.25, 0.3) is 17.3 Å². The Balaban J connectivity index is 1.95. The van der Waals surface area contributed by atoms with Crippen molar-refractivity contribution in [3.05, 3.63) is 93.5 Å². The maximum Gasteiger partial charge on any atom is 0.272 e. The van der Waals surface area contributed by atoms with Crippen LogP contribution in [-0.2, 0) is 13.2 Å². The molecule has 0 unspecified atom stereocenters. The van der Waals surface area contributed by atoms with E-state index in [0.717, 1.165) is 5.56 Å². The summed E-state index contributed by atoms with van der Waals surface area (Å²) in [5.74, 6) is -0.296. The third kappa shape index (κ3) is 3.95. The summed E-state index contributed by atoms with van der Waals surface area (Å²) in [6, 6.07) is 15.9. The number of hydrogen-bond acceptors (Lipinski definition) is 3. The molecule has 2 aromatic carbocycles. The first-order valence-electron chi connectivity index (χ1n) is 8.28. The van der Waals surface area contributed by atoms with E-state index in [1.165, 1.54) is 10.7 Å². The fourth-order valence-electron chi connectivity index (χ4n) is 2.63. The van der Waals surface area contributed by atoms with Crippen LogP contribution in [0, 0.1) is 12.7 Å². The van der Waals surface area contributed by atoms with Crippen molar-refractivity contribution in [3.8, 4) is 11.3 Å². The number of aryl methyl sites for hydroxylation is 1. The molecular formula is C21H19FN2O2. The number of aromatic nitrogens is 2. The summed E-state index contributed by atoms with van der Waals surface area (Å²) in [5.41, 5.74) is 2.65. The number of allylic oxidation sites excluding steroid dienone is 1. The molecule has 1 aromatic heterocycles. The zero-order valence-electron chi connectivity index (χ0n) is 14.4. The average molecular weight is 350 g/mol. The normalized spacial score (nSPS) is 11.2. The molecule has 0 radical (unpaired) electrons. The number of rotatable bonds is 5. The molecule has 0 fully saturated rings. The van der Waals surface area contributed by atoms with Crippen molar-refractivity contribution in [1.82, 2.24) is 9.78 Å². The molecule has 0 aliphatic heterocycles. The minimum atomic E-state index is -0.378. The smallest absolute Gasteiger partial charge is 0.272 e. The van der Waals surface area contributed by atoms with Crippen LogP contribution >= 0.6 is 0 Å². The van der Waals surface area contributed by atoms with Crippen LogP contribution in [0.4, 0.5) is 4.39 Å². The zero-order valence-corrected chi connectivity index (χ0v) is 14.4. The van der Waals surface area contributed by atoms with Gasteiger partial charge in [0.15, 0.2) is 0 Å². The Hall–Kier alpha value is -3.05. The topological polar surface area (TPSA) is 55.1 Å². The van der Waals surface area contributed by atoms with Crippen LogP contribution in [0.5, 0.6) is 0 Å². The first-order valence-corrected chi connectivity index (χ1v) is 8.28. The van der Waals surface area contributed by atoms with E-state index in [1.54, 1.807) is 25.1 Å². The quantitative estimate of drug-likeness (QED) is 0.765. The molecule has 1 N–H and O–H groups in total. The molecule has 5 heteroatoms. The van der Waals surface area contributed by atoms with Gasteiger partial charge in [-0.3, -0.25) is 4.79 Å². The first-order chi connectivity index (χ1) is 12.6. The predicted molar refractivity (Wildman–Crippen MR) is 100 cm³/mol. The summed E-state index contributed by atoms with van der Waals surface area (Å²) in [7, 11) is 0. The highest BCUT2D eigenvalue weighted by Gasteiger charge is 2.10. The van der Waals surface area contributed by atoms with Gasteiger partial charge >= 0.3 is 0 Å². The van der Waals surface area contributed by atoms with Crippen LogP contribution in [-0.4, -0.2) is 14.9 Å². The average Bonchev–Trinajstić information content (AvgIpc) is 2.66. The number of aliphatic hydroxyl groups excluding tert-OH is 1. The molecule has 3 aromatic rings. The Morgan fingerprint density at radius 1 is 1.15 bits per heavy atom. The first kappa shape index (κ1) is 17.8. The molecule has 0 atom stereocenters. The van der Waals surface area contributed by atoms with Gasteiger partial charge in [-0.25, -0.2) is 9.07 Å². The van der Waals surface area contributed by atoms with Crippen molar-refractivity contribution in [2.45, 2.75) is 20.1 Å². The monoisotopic (exact) mass is 350 g/mol. The van der Waals surface area contributed by atoms with Crippen LogP contribution in [0.15, 0.2) is 65.5 Å². The Morgan fingerprint density at radius 2 is 1.92 bits per heavy atom. The van der Waals surface area contributed by atoms with E-state index >= 15 is 0 Å². The van der Waals surface area contributed by atoms with Crippen molar-refractivity contribution in [2.24, 2.45) is 0 Å². The van der Waals surface area contributed by atoms with Crippen molar-refractivity contribution in [3.63, 3.8) is 0 Å². The van der Waals surface area contributed by atoms with E-state index in [2.05, 4.69) is 5.10 Å². The summed E-state index contributed by atoms with van der Waals surface area (Å²) in [5, 5.41) is 13.9.